The number of benzene rings is 1. The molecule has 0 radical (unpaired) electrons. The Kier molecular flexibility index (Phi) is 5.25. The molecule has 0 bridgehead atoms. The van der Waals surface area contributed by atoms with Gasteiger partial charge < -0.3 is 20.3 Å². The molecule has 1 aromatic carbocycles. The van der Waals surface area contributed by atoms with Crippen molar-refractivity contribution in [3.05, 3.63) is 24.3 Å². The third-order valence-corrected chi connectivity index (χ3v) is 2.56. The van der Waals surface area contributed by atoms with Crippen LogP contribution in [0.3, 0.4) is 0 Å². The predicted octanol–water partition coefficient (Wildman–Crippen LogP) is 1.56. The van der Waals surface area contributed by atoms with Gasteiger partial charge in [-0.2, -0.15) is 0 Å². The Morgan fingerprint density at radius 3 is 2.71 bits per heavy atom. The number of aliphatic hydroxyl groups is 1. The second kappa shape index (κ2) is 6.47. The first kappa shape index (κ1) is 13.8. The smallest absolute Gasteiger partial charge is 0.122 e. The van der Waals surface area contributed by atoms with E-state index in [0.717, 1.165) is 24.3 Å². The van der Waals surface area contributed by atoms with Crippen LogP contribution in [-0.2, 0) is 0 Å². The molecule has 0 amide bonds. The van der Waals surface area contributed by atoms with Gasteiger partial charge in [-0.05, 0) is 31.9 Å². The van der Waals surface area contributed by atoms with Gasteiger partial charge in [-0.25, -0.2) is 0 Å². The topological polar surface area (TPSA) is 64.7 Å². The van der Waals surface area contributed by atoms with Crippen molar-refractivity contribution in [3.8, 4) is 11.5 Å². The summed E-state index contributed by atoms with van der Waals surface area (Å²) in [6.45, 7) is 2.41. The van der Waals surface area contributed by atoms with Gasteiger partial charge in [0.25, 0.3) is 0 Å². The molecule has 1 unspecified atom stereocenters. The molecule has 4 nitrogen and oxygen atoms in total. The van der Waals surface area contributed by atoms with Crippen molar-refractivity contribution in [1.29, 1.82) is 0 Å². The van der Waals surface area contributed by atoms with Crippen LogP contribution in [0.4, 0.5) is 0 Å². The molecule has 1 rings (SSSR count). The maximum atomic E-state index is 9.00. The number of hydrogen-bond donors (Lipinski definition) is 2. The lowest BCUT2D eigenvalue weighted by Gasteiger charge is -2.21. The minimum absolute atomic E-state index is 0.00778. The van der Waals surface area contributed by atoms with Crippen molar-refractivity contribution >= 4 is 0 Å². The van der Waals surface area contributed by atoms with Crippen LogP contribution in [0.5, 0.6) is 11.5 Å². The fourth-order valence-electron chi connectivity index (χ4n) is 1.44. The summed E-state index contributed by atoms with van der Waals surface area (Å²) in [4.78, 5) is 0. The SMILES string of the molecule is COc1cccc(OCCCC(C)(N)CO)c1. The fraction of sp³-hybridized carbons (Fsp3) is 0.538. The zero-order valence-electron chi connectivity index (χ0n) is 10.5. The highest BCUT2D eigenvalue weighted by Crippen LogP contribution is 2.19. The number of hydrogen-bond acceptors (Lipinski definition) is 4. The molecule has 0 saturated carbocycles. The van der Waals surface area contributed by atoms with Gasteiger partial charge in [0.2, 0.25) is 0 Å². The van der Waals surface area contributed by atoms with E-state index >= 15 is 0 Å². The molecule has 4 heteroatoms. The van der Waals surface area contributed by atoms with Gasteiger partial charge in [0, 0.05) is 11.6 Å². The van der Waals surface area contributed by atoms with E-state index in [9.17, 15) is 0 Å². The Morgan fingerprint density at radius 2 is 2.06 bits per heavy atom. The van der Waals surface area contributed by atoms with Crippen molar-refractivity contribution in [2.24, 2.45) is 5.73 Å². The molecule has 1 atom stereocenters. The highest BCUT2D eigenvalue weighted by molar-refractivity contribution is 5.32. The van der Waals surface area contributed by atoms with Gasteiger partial charge in [-0.1, -0.05) is 6.07 Å². The molecule has 0 aliphatic rings. The van der Waals surface area contributed by atoms with E-state index in [0.29, 0.717) is 6.61 Å². The summed E-state index contributed by atoms with van der Waals surface area (Å²) in [5.41, 5.74) is 5.30. The maximum absolute atomic E-state index is 9.00. The minimum atomic E-state index is -0.516. The van der Waals surface area contributed by atoms with Gasteiger partial charge in [-0.15, -0.1) is 0 Å². The molecule has 0 aliphatic carbocycles. The predicted molar refractivity (Wildman–Crippen MR) is 67.4 cm³/mol. The van der Waals surface area contributed by atoms with Crippen LogP contribution < -0.4 is 15.2 Å². The average Bonchev–Trinajstić information content (AvgIpc) is 2.35. The fourth-order valence-corrected chi connectivity index (χ4v) is 1.44. The van der Waals surface area contributed by atoms with Crippen LogP contribution in [0, 0.1) is 0 Å². The van der Waals surface area contributed by atoms with Crippen LogP contribution in [0.2, 0.25) is 0 Å². The van der Waals surface area contributed by atoms with Gasteiger partial charge in [0.15, 0.2) is 0 Å². The van der Waals surface area contributed by atoms with Crippen molar-refractivity contribution in [2.75, 3.05) is 20.3 Å². The largest absolute Gasteiger partial charge is 0.497 e. The van der Waals surface area contributed by atoms with E-state index in [1.54, 1.807) is 7.11 Å². The highest BCUT2D eigenvalue weighted by Gasteiger charge is 2.15. The first-order valence-corrected chi connectivity index (χ1v) is 5.74. The second-order valence-corrected chi connectivity index (χ2v) is 4.44. The third-order valence-electron chi connectivity index (χ3n) is 2.56. The molecule has 96 valence electrons. The van der Waals surface area contributed by atoms with Crippen molar-refractivity contribution in [1.82, 2.24) is 0 Å². The Balaban J connectivity index is 2.31. The van der Waals surface area contributed by atoms with Crippen molar-refractivity contribution in [3.63, 3.8) is 0 Å². The van der Waals surface area contributed by atoms with Gasteiger partial charge >= 0.3 is 0 Å². The number of methoxy groups -OCH3 is 1. The monoisotopic (exact) mass is 239 g/mol. The summed E-state index contributed by atoms with van der Waals surface area (Å²) in [6.07, 6.45) is 1.54. The summed E-state index contributed by atoms with van der Waals surface area (Å²) < 4.78 is 10.7. The quantitative estimate of drug-likeness (QED) is 0.709. The Bertz CT molecular complexity index is 339. The van der Waals surface area contributed by atoms with Gasteiger partial charge in [0.05, 0.1) is 20.3 Å². The van der Waals surface area contributed by atoms with Crippen molar-refractivity contribution < 1.29 is 14.6 Å². The van der Waals surface area contributed by atoms with Gasteiger partial charge in [0.1, 0.15) is 11.5 Å². The lowest BCUT2D eigenvalue weighted by Crippen LogP contribution is -2.40. The summed E-state index contributed by atoms with van der Waals surface area (Å²) in [7, 11) is 1.63. The highest BCUT2D eigenvalue weighted by atomic mass is 16.5. The molecular weight excluding hydrogens is 218 g/mol. The summed E-state index contributed by atoms with van der Waals surface area (Å²) in [6, 6.07) is 7.48. The second-order valence-electron chi connectivity index (χ2n) is 4.44. The first-order valence-electron chi connectivity index (χ1n) is 5.74. The lowest BCUT2D eigenvalue weighted by molar-refractivity contribution is 0.188. The normalized spacial score (nSPS) is 14.1. The standard InChI is InChI=1S/C13H21NO3/c1-13(14,10-15)7-4-8-17-12-6-3-5-11(9-12)16-2/h3,5-6,9,15H,4,7-8,10,14H2,1-2H3. The zero-order chi connectivity index (χ0) is 12.7. The molecule has 0 heterocycles. The first-order chi connectivity index (χ1) is 8.07. The van der Waals surface area contributed by atoms with Crippen LogP contribution >= 0.6 is 0 Å². The zero-order valence-corrected chi connectivity index (χ0v) is 10.5. The summed E-state index contributed by atoms with van der Waals surface area (Å²) in [5.74, 6) is 1.56. The number of rotatable bonds is 7. The molecule has 0 aromatic heterocycles. The van der Waals surface area contributed by atoms with Crippen LogP contribution in [-0.4, -0.2) is 31.0 Å². The number of nitrogens with two attached hydrogens (primary N) is 1. The molecule has 0 fully saturated rings. The summed E-state index contributed by atoms with van der Waals surface area (Å²) >= 11 is 0. The third kappa shape index (κ3) is 5.06. The van der Waals surface area contributed by atoms with Gasteiger partial charge in [-0.3, -0.25) is 0 Å². The number of ether oxygens (including phenoxy) is 2. The van der Waals surface area contributed by atoms with E-state index < -0.39 is 5.54 Å². The molecule has 0 spiro atoms. The van der Waals surface area contributed by atoms with E-state index in [2.05, 4.69) is 0 Å². The lowest BCUT2D eigenvalue weighted by atomic mass is 9.99. The Hall–Kier alpha value is -1.26. The van der Waals surface area contributed by atoms with Crippen LogP contribution in [0.25, 0.3) is 0 Å². The maximum Gasteiger partial charge on any atom is 0.122 e. The molecule has 0 aliphatic heterocycles. The number of aliphatic hydroxyl groups excluding tert-OH is 1. The molecular formula is C13H21NO3. The molecule has 1 aromatic rings. The molecule has 0 saturated heterocycles. The van der Waals surface area contributed by atoms with E-state index in [1.807, 2.05) is 31.2 Å². The van der Waals surface area contributed by atoms with E-state index in [-0.39, 0.29) is 6.61 Å². The average molecular weight is 239 g/mol. The van der Waals surface area contributed by atoms with Crippen LogP contribution in [0.15, 0.2) is 24.3 Å². The van der Waals surface area contributed by atoms with E-state index in [1.165, 1.54) is 0 Å². The van der Waals surface area contributed by atoms with Crippen LogP contribution in [0.1, 0.15) is 19.8 Å². The Morgan fingerprint density at radius 1 is 1.35 bits per heavy atom. The van der Waals surface area contributed by atoms with E-state index in [4.69, 9.17) is 20.3 Å². The minimum Gasteiger partial charge on any atom is -0.497 e. The Labute approximate surface area is 102 Å². The molecule has 3 N–H and O–H groups in total. The molecule has 17 heavy (non-hydrogen) atoms. The summed E-state index contributed by atoms with van der Waals surface area (Å²) in [5, 5.41) is 9.00. The van der Waals surface area contributed by atoms with Crippen molar-refractivity contribution in [2.45, 2.75) is 25.3 Å².